The van der Waals surface area contributed by atoms with Crippen molar-refractivity contribution in [3.8, 4) is 0 Å². The third-order valence-corrected chi connectivity index (χ3v) is 10.8. The molecule has 0 heterocycles. The van der Waals surface area contributed by atoms with Gasteiger partial charge in [0.1, 0.15) is 12.2 Å². The van der Waals surface area contributed by atoms with E-state index in [1.807, 2.05) is 60.7 Å². The van der Waals surface area contributed by atoms with E-state index in [0.717, 1.165) is 24.2 Å². The summed E-state index contributed by atoms with van der Waals surface area (Å²) in [5.41, 5.74) is 6.42. The average Bonchev–Trinajstić information content (AvgIpc) is 3.39. The molecule has 0 spiro atoms. The summed E-state index contributed by atoms with van der Waals surface area (Å²) >= 11 is 0. The lowest BCUT2D eigenvalue weighted by molar-refractivity contribution is -0.134. The van der Waals surface area contributed by atoms with Gasteiger partial charge in [0.05, 0.1) is 12.1 Å². The van der Waals surface area contributed by atoms with Gasteiger partial charge in [0.15, 0.2) is 23.1 Å². The van der Waals surface area contributed by atoms with Gasteiger partial charge in [-0.25, -0.2) is 4.79 Å². The zero-order valence-electron chi connectivity index (χ0n) is 40.3. The van der Waals surface area contributed by atoms with Gasteiger partial charge in [-0.3, -0.25) is 24.5 Å². The highest BCUT2D eigenvalue weighted by atomic mass is 16.5. The monoisotopic (exact) mass is 937 g/mol. The molecule has 1 unspecified atom stereocenters. The Morgan fingerprint density at radius 2 is 0.829 bits per heavy atom. The van der Waals surface area contributed by atoms with Crippen molar-refractivity contribution < 1.29 is 33.8 Å². The molecular weight excluding hydrogens is 875 g/mol. The fourth-order valence-corrected chi connectivity index (χ4v) is 6.58. The average molecular weight is 938 g/mol. The van der Waals surface area contributed by atoms with Crippen molar-refractivity contribution in [2.24, 2.45) is 0 Å². The SMILES string of the molecule is C=C(NC(=O)OCc1ccccc1)c1ccccc1.CC(=O)C(C)(O)CC(=O)c1ccccc1.CC(=O)C(C)=O.c1ccc(CN[C@@H](c2ccccc2)[C@@H](NCc2ccccc2)c2ccccc2)cc1. The molecule has 3 atom stereocenters. The third-order valence-electron chi connectivity index (χ3n) is 10.8. The lowest BCUT2D eigenvalue weighted by Gasteiger charge is -2.30. The maximum atomic E-state index is 11.7. The second kappa shape index (κ2) is 29.8. The molecule has 0 bridgehead atoms. The molecule has 0 aliphatic rings. The topological polar surface area (TPSA) is 151 Å². The van der Waals surface area contributed by atoms with Crippen molar-refractivity contribution in [2.75, 3.05) is 0 Å². The molecule has 360 valence electrons. The van der Waals surface area contributed by atoms with Crippen LogP contribution in [0.15, 0.2) is 219 Å². The highest BCUT2D eigenvalue weighted by molar-refractivity contribution is 6.35. The van der Waals surface area contributed by atoms with E-state index in [0.29, 0.717) is 11.3 Å². The highest BCUT2D eigenvalue weighted by Crippen LogP contribution is 2.30. The number of ketones is 4. The van der Waals surface area contributed by atoms with E-state index in [1.165, 1.54) is 49.9 Å². The molecule has 1 amide bonds. The number of benzene rings is 7. The normalized spacial score (nSPS) is 11.9. The molecule has 7 aromatic rings. The first-order valence-corrected chi connectivity index (χ1v) is 22.9. The fraction of sp³-hybridized carbons (Fsp3) is 0.183. The molecule has 0 fully saturated rings. The van der Waals surface area contributed by atoms with Gasteiger partial charge in [-0.05, 0) is 47.2 Å². The molecule has 4 N–H and O–H groups in total. The van der Waals surface area contributed by atoms with E-state index >= 15 is 0 Å². The third kappa shape index (κ3) is 20.1. The van der Waals surface area contributed by atoms with E-state index in [2.05, 4.69) is 144 Å². The van der Waals surface area contributed by atoms with E-state index in [9.17, 15) is 29.1 Å². The predicted molar refractivity (Wildman–Crippen MR) is 278 cm³/mol. The van der Waals surface area contributed by atoms with Gasteiger partial charge in [-0.15, -0.1) is 0 Å². The summed E-state index contributed by atoms with van der Waals surface area (Å²) in [5.74, 6) is -1.38. The summed E-state index contributed by atoms with van der Waals surface area (Å²) in [4.78, 5) is 53.9. The quantitative estimate of drug-likeness (QED) is 0.0487. The molecule has 0 radical (unpaired) electrons. The van der Waals surface area contributed by atoms with Crippen molar-refractivity contribution in [3.05, 3.63) is 258 Å². The summed E-state index contributed by atoms with van der Waals surface area (Å²) in [6.07, 6.45) is -0.676. The van der Waals surface area contributed by atoms with Crippen LogP contribution < -0.4 is 16.0 Å². The van der Waals surface area contributed by atoms with E-state index in [4.69, 9.17) is 4.74 Å². The van der Waals surface area contributed by atoms with Crippen LogP contribution in [0.4, 0.5) is 4.79 Å². The number of rotatable bonds is 18. The molecule has 0 saturated heterocycles. The first kappa shape index (κ1) is 54.7. The van der Waals surface area contributed by atoms with Crippen LogP contribution in [0.25, 0.3) is 5.70 Å². The van der Waals surface area contributed by atoms with Gasteiger partial charge in [0, 0.05) is 44.6 Å². The number of ether oxygens (including phenoxy) is 1. The lowest BCUT2D eigenvalue weighted by Crippen LogP contribution is -2.35. The van der Waals surface area contributed by atoms with Gasteiger partial charge in [-0.1, -0.05) is 219 Å². The molecule has 70 heavy (non-hydrogen) atoms. The standard InChI is InChI=1S/C28H28N2.C16H15NO2.C12H14O3.C4H6O2/c1-5-13-23(14-6-1)21-29-27(25-17-9-3-10-18-25)28(26-19-11-4-12-20-26)30-22-24-15-7-2-8-16-24;1-13(15-10-6-3-7-11-15)17-16(18)19-12-14-8-4-2-5-9-14;1-9(13)12(2,15)8-11(14)10-6-4-3-5-7-10;1-3(5)4(2)6/h1-20,27-30H,21-22H2;2-11H,1,12H2,(H,17,18);3-7,15H,8H2,1-2H3;1-2H3/t27-,28-;;;/m0.../s1. The molecule has 0 aliphatic carbocycles. The minimum absolute atomic E-state index is 0.137. The Kier molecular flexibility index (Phi) is 23.3. The Hall–Kier alpha value is -7.89. The minimum atomic E-state index is -1.56. The van der Waals surface area contributed by atoms with E-state index in [1.54, 1.807) is 30.3 Å². The Morgan fingerprint density at radius 3 is 1.19 bits per heavy atom. The van der Waals surface area contributed by atoms with E-state index < -0.39 is 17.5 Å². The number of amides is 1. The number of carbonyl (C=O) groups is 5. The zero-order chi connectivity index (χ0) is 50.6. The van der Waals surface area contributed by atoms with Gasteiger partial charge in [-0.2, -0.15) is 0 Å². The van der Waals surface area contributed by atoms with Crippen molar-refractivity contribution in [1.82, 2.24) is 16.0 Å². The Morgan fingerprint density at radius 1 is 0.500 bits per heavy atom. The Labute approximate surface area is 412 Å². The van der Waals surface area contributed by atoms with Crippen molar-refractivity contribution in [1.29, 1.82) is 0 Å². The predicted octanol–water partition coefficient (Wildman–Crippen LogP) is 11.4. The number of hydrogen-bond acceptors (Lipinski definition) is 9. The second-order valence-corrected chi connectivity index (χ2v) is 16.4. The first-order valence-electron chi connectivity index (χ1n) is 22.9. The minimum Gasteiger partial charge on any atom is -0.444 e. The molecule has 7 rings (SSSR count). The summed E-state index contributed by atoms with van der Waals surface area (Å²) in [7, 11) is 0. The second-order valence-electron chi connectivity index (χ2n) is 16.4. The van der Waals surface area contributed by atoms with Crippen LogP contribution >= 0.6 is 0 Å². The maximum Gasteiger partial charge on any atom is 0.411 e. The molecule has 0 aromatic heterocycles. The fourth-order valence-electron chi connectivity index (χ4n) is 6.58. The molecule has 0 saturated carbocycles. The summed E-state index contributed by atoms with van der Waals surface area (Å²) in [6, 6.07) is 70.5. The molecular formula is C60H63N3O7. The van der Waals surface area contributed by atoms with Crippen LogP contribution in [0.5, 0.6) is 0 Å². The van der Waals surface area contributed by atoms with Gasteiger partial charge < -0.3 is 20.5 Å². The number of Topliss-reactive ketones (excluding diaryl/α,β-unsaturated/α-hetero) is 4. The first-order chi connectivity index (χ1) is 33.7. The molecule has 0 aliphatic heterocycles. The molecule has 7 aromatic carbocycles. The lowest BCUT2D eigenvalue weighted by atomic mass is 9.92. The maximum absolute atomic E-state index is 11.7. The Bertz CT molecular complexity index is 2550. The molecule has 10 nitrogen and oxygen atoms in total. The van der Waals surface area contributed by atoms with Crippen LogP contribution in [-0.4, -0.2) is 39.9 Å². The van der Waals surface area contributed by atoms with Gasteiger partial charge in [0.25, 0.3) is 0 Å². The van der Waals surface area contributed by atoms with Gasteiger partial charge >= 0.3 is 6.09 Å². The summed E-state index contributed by atoms with van der Waals surface area (Å²) < 4.78 is 5.11. The van der Waals surface area contributed by atoms with Crippen LogP contribution in [0.3, 0.4) is 0 Å². The highest BCUT2D eigenvalue weighted by Gasteiger charge is 2.30. The number of aliphatic hydroxyl groups is 1. The van der Waals surface area contributed by atoms with E-state index in [-0.39, 0.29) is 42.5 Å². The van der Waals surface area contributed by atoms with Crippen molar-refractivity contribution in [2.45, 2.75) is 71.5 Å². The summed E-state index contributed by atoms with van der Waals surface area (Å²) in [5, 5.41) is 19.9. The van der Waals surface area contributed by atoms with Crippen LogP contribution in [-0.2, 0) is 38.8 Å². The number of hydrogen-bond donors (Lipinski definition) is 4. The number of alkyl carbamates (subject to hydrolysis) is 1. The van der Waals surface area contributed by atoms with Crippen LogP contribution in [0, 0.1) is 0 Å². The van der Waals surface area contributed by atoms with Crippen molar-refractivity contribution >= 4 is 34.9 Å². The van der Waals surface area contributed by atoms with Crippen LogP contribution in [0.2, 0.25) is 0 Å². The van der Waals surface area contributed by atoms with Crippen LogP contribution in [0.1, 0.15) is 89.9 Å². The smallest absolute Gasteiger partial charge is 0.411 e. The zero-order valence-corrected chi connectivity index (χ0v) is 40.3. The largest absolute Gasteiger partial charge is 0.444 e. The summed E-state index contributed by atoms with van der Waals surface area (Å²) in [6.45, 7) is 10.8. The molecule has 10 heteroatoms. The van der Waals surface area contributed by atoms with Crippen molar-refractivity contribution in [3.63, 3.8) is 0 Å². The van der Waals surface area contributed by atoms with Gasteiger partial charge in [0.2, 0.25) is 0 Å². The Balaban J connectivity index is 0.000000229. The number of carbonyl (C=O) groups excluding carboxylic acids is 5. The number of nitrogens with one attached hydrogen (secondary N) is 3.